The highest BCUT2D eigenvalue weighted by molar-refractivity contribution is 7.20. The summed E-state index contributed by atoms with van der Waals surface area (Å²) in [5.41, 5.74) is 3.15. The maximum Gasteiger partial charge on any atom is 0.261 e. The molecule has 3 rings (SSSR count). The first-order valence-electron chi connectivity index (χ1n) is 8.24. The van der Waals surface area contributed by atoms with Gasteiger partial charge in [-0.2, -0.15) is 0 Å². The second-order valence-electron chi connectivity index (χ2n) is 6.22. The number of hydrogen-bond donors (Lipinski definition) is 1. The fourth-order valence-electron chi connectivity index (χ4n) is 2.97. The molecule has 0 unspecified atom stereocenters. The highest BCUT2D eigenvalue weighted by atomic mass is 32.1. The largest absolute Gasteiger partial charge is 0.366 e. The molecule has 25 heavy (non-hydrogen) atoms. The van der Waals surface area contributed by atoms with E-state index in [4.69, 9.17) is 0 Å². The standard InChI is InChI=1S/C19H22N4OS/c1-5-6-15(9-20-4)23-10-14(11-23)22-18(24)17-8-16-12(2)7-13(3)21-19(16)25-17/h5-9,14H,4,10-11H2,1-3H3,(H,22,24)/b6-5-,15-9+. The van der Waals surface area contributed by atoms with E-state index < -0.39 is 0 Å². The Balaban J connectivity index is 1.65. The fourth-order valence-corrected chi connectivity index (χ4v) is 4.03. The van der Waals surface area contributed by atoms with Crippen LogP contribution in [0.5, 0.6) is 0 Å². The maximum atomic E-state index is 12.5. The van der Waals surface area contributed by atoms with Crippen molar-refractivity contribution in [3.63, 3.8) is 0 Å². The lowest BCUT2D eigenvalue weighted by Gasteiger charge is -2.41. The van der Waals surface area contributed by atoms with Crippen LogP contribution < -0.4 is 5.32 Å². The summed E-state index contributed by atoms with van der Waals surface area (Å²) in [6.07, 6.45) is 5.70. The number of carbonyl (C=O) groups excluding carboxylic acids is 1. The molecular formula is C19H22N4OS. The van der Waals surface area contributed by atoms with Gasteiger partial charge in [-0.3, -0.25) is 9.79 Å². The molecule has 0 aliphatic carbocycles. The minimum Gasteiger partial charge on any atom is -0.366 e. The van der Waals surface area contributed by atoms with Crippen molar-refractivity contribution < 1.29 is 4.79 Å². The van der Waals surface area contributed by atoms with Crippen LogP contribution in [0.4, 0.5) is 0 Å². The Morgan fingerprint density at radius 2 is 2.20 bits per heavy atom. The molecule has 1 fully saturated rings. The zero-order chi connectivity index (χ0) is 18.0. The Labute approximate surface area is 151 Å². The van der Waals surface area contributed by atoms with Gasteiger partial charge in [0.05, 0.1) is 16.6 Å². The number of hydrogen-bond acceptors (Lipinski definition) is 5. The molecule has 1 saturated heterocycles. The highest BCUT2D eigenvalue weighted by Gasteiger charge is 2.29. The molecule has 6 heteroatoms. The Morgan fingerprint density at radius 3 is 2.88 bits per heavy atom. The SMILES string of the molecule is C=N/C=C(\C=C/C)N1CC(NC(=O)c2cc3c(C)cc(C)nc3s2)C1. The van der Waals surface area contributed by atoms with E-state index in [1.807, 2.05) is 38.1 Å². The van der Waals surface area contributed by atoms with Crippen molar-refractivity contribution in [2.24, 2.45) is 4.99 Å². The molecule has 3 heterocycles. The monoisotopic (exact) mass is 354 g/mol. The summed E-state index contributed by atoms with van der Waals surface area (Å²) in [5, 5.41) is 4.16. The smallest absolute Gasteiger partial charge is 0.261 e. The zero-order valence-corrected chi connectivity index (χ0v) is 15.6. The second-order valence-corrected chi connectivity index (χ2v) is 7.25. The van der Waals surface area contributed by atoms with E-state index in [1.165, 1.54) is 11.3 Å². The molecule has 2 aromatic heterocycles. The molecule has 1 amide bonds. The van der Waals surface area contributed by atoms with Crippen LogP contribution in [0.2, 0.25) is 0 Å². The van der Waals surface area contributed by atoms with Crippen molar-refractivity contribution in [1.82, 2.24) is 15.2 Å². The number of thiophene rings is 1. The molecule has 0 saturated carbocycles. The van der Waals surface area contributed by atoms with Gasteiger partial charge in [-0.05, 0) is 51.3 Å². The Kier molecular flexibility index (Phi) is 4.99. The predicted octanol–water partition coefficient (Wildman–Crippen LogP) is 3.45. The first-order valence-corrected chi connectivity index (χ1v) is 9.05. The molecule has 0 radical (unpaired) electrons. The Hall–Kier alpha value is -2.47. The predicted molar refractivity (Wildman–Crippen MR) is 104 cm³/mol. The Morgan fingerprint density at radius 1 is 1.44 bits per heavy atom. The van der Waals surface area contributed by atoms with Gasteiger partial charge in [-0.1, -0.05) is 6.08 Å². The molecule has 1 aliphatic rings. The van der Waals surface area contributed by atoms with Gasteiger partial charge in [-0.25, -0.2) is 4.98 Å². The first kappa shape index (κ1) is 17.4. The first-order chi connectivity index (χ1) is 12.0. The lowest BCUT2D eigenvalue weighted by atomic mass is 10.1. The van der Waals surface area contributed by atoms with Crippen molar-refractivity contribution >= 4 is 34.2 Å². The van der Waals surface area contributed by atoms with Gasteiger partial charge in [0, 0.05) is 30.4 Å². The third-order valence-corrected chi connectivity index (χ3v) is 5.24. The number of carbonyl (C=O) groups is 1. The van der Waals surface area contributed by atoms with Gasteiger partial charge in [0.1, 0.15) is 4.83 Å². The van der Waals surface area contributed by atoms with Crippen molar-refractivity contribution in [2.75, 3.05) is 13.1 Å². The number of pyridine rings is 1. The van der Waals surface area contributed by atoms with Gasteiger partial charge >= 0.3 is 0 Å². The van der Waals surface area contributed by atoms with E-state index in [1.54, 1.807) is 6.20 Å². The van der Waals surface area contributed by atoms with Gasteiger partial charge < -0.3 is 10.2 Å². The number of aryl methyl sites for hydroxylation is 2. The summed E-state index contributed by atoms with van der Waals surface area (Å²) in [6.45, 7) is 11.1. The topological polar surface area (TPSA) is 57.6 Å². The summed E-state index contributed by atoms with van der Waals surface area (Å²) >= 11 is 1.45. The summed E-state index contributed by atoms with van der Waals surface area (Å²) in [5.74, 6) is -0.0249. The van der Waals surface area contributed by atoms with Gasteiger partial charge in [-0.15, -0.1) is 11.3 Å². The van der Waals surface area contributed by atoms with Crippen LogP contribution in [0, 0.1) is 13.8 Å². The second kappa shape index (κ2) is 7.19. The zero-order valence-electron chi connectivity index (χ0n) is 14.7. The van der Waals surface area contributed by atoms with Crippen LogP contribution >= 0.6 is 11.3 Å². The van der Waals surface area contributed by atoms with Gasteiger partial charge in [0.15, 0.2) is 0 Å². The fraction of sp³-hybridized carbons (Fsp3) is 0.316. The van der Waals surface area contributed by atoms with Crippen LogP contribution in [0.1, 0.15) is 27.9 Å². The molecule has 0 atom stereocenters. The molecule has 0 bridgehead atoms. The number of nitrogens with one attached hydrogen (secondary N) is 1. The number of aromatic nitrogens is 1. The van der Waals surface area contributed by atoms with Crippen molar-refractivity contribution in [1.29, 1.82) is 0 Å². The number of likely N-dealkylation sites (tertiary alicyclic amines) is 1. The van der Waals surface area contributed by atoms with Crippen LogP contribution in [-0.2, 0) is 0 Å². The summed E-state index contributed by atoms with van der Waals surface area (Å²) in [6, 6.07) is 4.14. The maximum absolute atomic E-state index is 12.5. The number of allylic oxidation sites excluding steroid dienone is 2. The van der Waals surface area contributed by atoms with Crippen molar-refractivity contribution in [3.05, 3.63) is 52.3 Å². The van der Waals surface area contributed by atoms with Crippen molar-refractivity contribution in [2.45, 2.75) is 26.8 Å². The average molecular weight is 354 g/mol. The lowest BCUT2D eigenvalue weighted by Crippen LogP contribution is -2.58. The van der Waals surface area contributed by atoms with Crippen LogP contribution in [-0.4, -0.2) is 41.6 Å². The third kappa shape index (κ3) is 3.64. The van der Waals surface area contributed by atoms with Crippen molar-refractivity contribution in [3.8, 4) is 0 Å². The normalized spacial score (nSPS) is 15.6. The number of aliphatic imine (C=N–C) groups is 1. The van der Waals surface area contributed by atoms with Gasteiger partial charge in [0.2, 0.25) is 0 Å². The lowest BCUT2D eigenvalue weighted by molar-refractivity contribution is 0.0873. The molecule has 1 N–H and O–H groups in total. The highest BCUT2D eigenvalue weighted by Crippen LogP contribution is 2.27. The third-order valence-electron chi connectivity index (χ3n) is 4.21. The molecule has 2 aromatic rings. The van der Waals surface area contributed by atoms with E-state index in [9.17, 15) is 4.79 Å². The average Bonchev–Trinajstić information content (AvgIpc) is 2.94. The van der Waals surface area contributed by atoms with E-state index >= 15 is 0 Å². The molecular weight excluding hydrogens is 332 g/mol. The quantitative estimate of drug-likeness (QED) is 0.661. The molecule has 1 aliphatic heterocycles. The van der Waals surface area contributed by atoms with Crippen LogP contribution in [0.15, 0.2) is 41.2 Å². The van der Waals surface area contributed by atoms with E-state index in [0.717, 1.165) is 40.3 Å². The van der Waals surface area contributed by atoms with Gasteiger partial charge in [0.25, 0.3) is 5.91 Å². The number of amides is 1. The summed E-state index contributed by atoms with van der Waals surface area (Å²) in [7, 11) is 0. The van der Waals surface area contributed by atoms with Crippen LogP contribution in [0.25, 0.3) is 10.2 Å². The van der Waals surface area contributed by atoms with Crippen LogP contribution in [0.3, 0.4) is 0 Å². The number of rotatable bonds is 5. The molecule has 130 valence electrons. The number of fused-ring (bicyclic) bond motifs is 1. The Bertz CT molecular complexity index is 875. The summed E-state index contributed by atoms with van der Waals surface area (Å²) in [4.78, 5) is 24.7. The van der Waals surface area contributed by atoms with E-state index in [2.05, 4.69) is 33.8 Å². The van der Waals surface area contributed by atoms with E-state index in [-0.39, 0.29) is 11.9 Å². The minimum atomic E-state index is -0.0249. The molecule has 0 aromatic carbocycles. The minimum absolute atomic E-state index is 0.0249. The molecule has 5 nitrogen and oxygen atoms in total. The van der Waals surface area contributed by atoms with E-state index in [0.29, 0.717) is 4.88 Å². The number of nitrogens with zero attached hydrogens (tertiary/aromatic N) is 3. The molecule has 0 spiro atoms. The summed E-state index contributed by atoms with van der Waals surface area (Å²) < 4.78 is 0.